The summed E-state index contributed by atoms with van der Waals surface area (Å²) in [5.74, 6) is 0.0749. The molecule has 0 N–H and O–H groups in total. The lowest BCUT2D eigenvalue weighted by atomic mass is 9.98. The van der Waals surface area contributed by atoms with Crippen LogP contribution in [0, 0.1) is 11.7 Å². The fourth-order valence-electron chi connectivity index (χ4n) is 2.19. The summed E-state index contributed by atoms with van der Waals surface area (Å²) in [4.78, 5) is 14.4. The molecular weight excluding hydrogens is 313 g/mol. The van der Waals surface area contributed by atoms with Crippen LogP contribution >= 0.6 is 15.9 Å². The lowest BCUT2D eigenvalue weighted by Crippen LogP contribution is -2.43. The summed E-state index contributed by atoms with van der Waals surface area (Å²) >= 11 is 3.58. The van der Waals surface area contributed by atoms with Gasteiger partial charge in [0.1, 0.15) is 0 Å². The Morgan fingerprint density at radius 1 is 1.53 bits per heavy atom. The van der Waals surface area contributed by atoms with E-state index in [4.69, 9.17) is 4.74 Å². The standard InChI is InChI=1S/C14H17BrFNO2/c1-9-5-6-17(8-11(9)15)14(18)10-3-4-13(19-2)12(16)7-10/h3-4,7,9,11H,5-6,8H2,1-2H3. The summed E-state index contributed by atoms with van der Waals surface area (Å²) in [5.41, 5.74) is 0.368. The molecule has 0 saturated carbocycles. The van der Waals surface area contributed by atoms with Crippen LogP contribution in [0.5, 0.6) is 5.75 Å². The first-order valence-corrected chi connectivity index (χ1v) is 7.21. The number of alkyl halides is 1. The zero-order valence-electron chi connectivity index (χ0n) is 11.0. The van der Waals surface area contributed by atoms with Crippen molar-refractivity contribution in [3.8, 4) is 5.75 Å². The van der Waals surface area contributed by atoms with Crippen LogP contribution in [-0.4, -0.2) is 35.8 Å². The van der Waals surface area contributed by atoms with E-state index in [9.17, 15) is 9.18 Å². The smallest absolute Gasteiger partial charge is 0.253 e. The number of hydrogen-bond donors (Lipinski definition) is 0. The molecule has 2 atom stereocenters. The Morgan fingerprint density at radius 2 is 2.26 bits per heavy atom. The van der Waals surface area contributed by atoms with Crippen LogP contribution < -0.4 is 4.74 Å². The van der Waals surface area contributed by atoms with E-state index in [2.05, 4.69) is 22.9 Å². The normalized spacial score (nSPS) is 23.3. The van der Waals surface area contributed by atoms with Crippen LogP contribution in [-0.2, 0) is 0 Å². The number of benzene rings is 1. The molecule has 1 aromatic carbocycles. The van der Waals surface area contributed by atoms with E-state index >= 15 is 0 Å². The number of halogens is 2. The number of carbonyl (C=O) groups is 1. The molecule has 1 aromatic rings. The predicted octanol–water partition coefficient (Wildman–Crippen LogP) is 3.08. The lowest BCUT2D eigenvalue weighted by molar-refractivity contribution is 0.0705. The molecule has 1 aliphatic heterocycles. The Balaban J connectivity index is 2.13. The first kappa shape index (κ1) is 14.3. The summed E-state index contributed by atoms with van der Waals surface area (Å²) < 4.78 is 18.5. The summed E-state index contributed by atoms with van der Waals surface area (Å²) in [6, 6.07) is 4.33. The molecule has 5 heteroatoms. The minimum Gasteiger partial charge on any atom is -0.494 e. The Kier molecular flexibility index (Phi) is 4.45. The number of amides is 1. The molecule has 19 heavy (non-hydrogen) atoms. The van der Waals surface area contributed by atoms with Crippen LogP contribution in [0.1, 0.15) is 23.7 Å². The number of carbonyl (C=O) groups excluding carboxylic acids is 1. The van der Waals surface area contributed by atoms with Gasteiger partial charge in [-0.3, -0.25) is 4.79 Å². The molecule has 104 valence electrons. The van der Waals surface area contributed by atoms with E-state index in [1.54, 1.807) is 11.0 Å². The average Bonchev–Trinajstić information content (AvgIpc) is 2.41. The molecule has 1 saturated heterocycles. The van der Waals surface area contributed by atoms with Crippen molar-refractivity contribution in [3.05, 3.63) is 29.6 Å². The number of rotatable bonds is 2. The van der Waals surface area contributed by atoms with Gasteiger partial charge in [0.15, 0.2) is 11.6 Å². The van der Waals surface area contributed by atoms with Crippen LogP contribution in [0.4, 0.5) is 4.39 Å². The van der Waals surface area contributed by atoms with Crippen molar-refractivity contribution in [2.45, 2.75) is 18.2 Å². The molecule has 3 nitrogen and oxygen atoms in total. The monoisotopic (exact) mass is 329 g/mol. The molecule has 0 aliphatic carbocycles. The van der Waals surface area contributed by atoms with Gasteiger partial charge in [-0.05, 0) is 30.5 Å². The molecule has 0 spiro atoms. The SMILES string of the molecule is COc1ccc(C(=O)N2CCC(C)C(Br)C2)cc1F. The Bertz CT molecular complexity index is 481. The maximum Gasteiger partial charge on any atom is 0.253 e. The van der Waals surface area contributed by atoms with E-state index < -0.39 is 5.82 Å². The zero-order chi connectivity index (χ0) is 14.0. The quantitative estimate of drug-likeness (QED) is 0.780. The van der Waals surface area contributed by atoms with E-state index in [0.29, 0.717) is 22.9 Å². The highest BCUT2D eigenvalue weighted by molar-refractivity contribution is 9.09. The Labute approximate surface area is 120 Å². The minimum atomic E-state index is -0.505. The van der Waals surface area contributed by atoms with Gasteiger partial charge < -0.3 is 9.64 Å². The Hall–Kier alpha value is -1.10. The van der Waals surface area contributed by atoms with Crippen molar-refractivity contribution < 1.29 is 13.9 Å². The van der Waals surface area contributed by atoms with Crippen molar-refractivity contribution in [1.29, 1.82) is 0 Å². The minimum absolute atomic E-state index is 0.127. The number of nitrogens with zero attached hydrogens (tertiary/aromatic N) is 1. The maximum absolute atomic E-state index is 13.6. The predicted molar refractivity (Wildman–Crippen MR) is 75.4 cm³/mol. The lowest BCUT2D eigenvalue weighted by Gasteiger charge is -2.34. The number of hydrogen-bond acceptors (Lipinski definition) is 2. The highest BCUT2D eigenvalue weighted by atomic mass is 79.9. The van der Waals surface area contributed by atoms with Gasteiger partial charge >= 0.3 is 0 Å². The van der Waals surface area contributed by atoms with Gasteiger partial charge in [0.2, 0.25) is 0 Å². The second-order valence-electron chi connectivity index (χ2n) is 4.88. The van der Waals surface area contributed by atoms with Crippen molar-refractivity contribution in [2.24, 2.45) is 5.92 Å². The third-order valence-corrected chi connectivity index (χ3v) is 4.74. The van der Waals surface area contributed by atoms with Crippen LogP contribution in [0.2, 0.25) is 0 Å². The largest absolute Gasteiger partial charge is 0.494 e. The molecule has 1 aliphatic rings. The maximum atomic E-state index is 13.6. The summed E-state index contributed by atoms with van der Waals surface area (Å²) in [6.07, 6.45) is 0.959. The van der Waals surface area contributed by atoms with Gasteiger partial charge in [-0.2, -0.15) is 0 Å². The second kappa shape index (κ2) is 5.90. The van der Waals surface area contributed by atoms with Crippen molar-refractivity contribution in [3.63, 3.8) is 0 Å². The number of piperidine rings is 1. The first-order chi connectivity index (χ1) is 9.02. The van der Waals surface area contributed by atoms with Crippen LogP contribution in [0.15, 0.2) is 18.2 Å². The topological polar surface area (TPSA) is 29.5 Å². The molecule has 2 unspecified atom stereocenters. The Morgan fingerprint density at radius 3 is 2.84 bits per heavy atom. The van der Waals surface area contributed by atoms with E-state index in [-0.39, 0.29) is 11.7 Å². The van der Waals surface area contributed by atoms with Gasteiger partial charge in [0.25, 0.3) is 5.91 Å². The van der Waals surface area contributed by atoms with Gasteiger partial charge in [-0.25, -0.2) is 4.39 Å². The van der Waals surface area contributed by atoms with Gasteiger partial charge in [-0.1, -0.05) is 22.9 Å². The zero-order valence-corrected chi connectivity index (χ0v) is 12.6. The fraction of sp³-hybridized carbons (Fsp3) is 0.500. The summed E-state index contributed by atoms with van der Waals surface area (Å²) in [7, 11) is 1.40. The van der Waals surface area contributed by atoms with Crippen LogP contribution in [0.3, 0.4) is 0 Å². The first-order valence-electron chi connectivity index (χ1n) is 6.29. The number of likely N-dealkylation sites (tertiary alicyclic amines) is 1. The summed E-state index contributed by atoms with van der Waals surface area (Å²) in [5, 5.41) is 0. The molecule has 2 rings (SSSR count). The fourth-order valence-corrected chi connectivity index (χ4v) is 2.80. The van der Waals surface area contributed by atoms with E-state index in [1.165, 1.54) is 19.2 Å². The molecule has 1 amide bonds. The van der Waals surface area contributed by atoms with Crippen LogP contribution in [0.25, 0.3) is 0 Å². The second-order valence-corrected chi connectivity index (χ2v) is 6.06. The average molecular weight is 330 g/mol. The van der Waals surface area contributed by atoms with E-state index in [1.807, 2.05) is 0 Å². The van der Waals surface area contributed by atoms with Crippen molar-refractivity contribution >= 4 is 21.8 Å². The molecule has 0 radical (unpaired) electrons. The highest BCUT2D eigenvalue weighted by Crippen LogP contribution is 2.25. The summed E-state index contributed by atoms with van der Waals surface area (Å²) in [6.45, 7) is 3.54. The molecular formula is C14H17BrFNO2. The molecule has 1 heterocycles. The van der Waals surface area contributed by atoms with Gasteiger partial charge in [-0.15, -0.1) is 0 Å². The van der Waals surface area contributed by atoms with Crippen molar-refractivity contribution in [2.75, 3.05) is 20.2 Å². The molecule has 0 bridgehead atoms. The molecule has 0 aromatic heterocycles. The number of methoxy groups -OCH3 is 1. The van der Waals surface area contributed by atoms with Crippen molar-refractivity contribution in [1.82, 2.24) is 4.90 Å². The van der Waals surface area contributed by atoms with Gasteiger partial charge in [0, 0.05) is 23.5 Å². The number of ether oxygens (including phenoxy) is 1. The third kappa shape index (κ3) is 3.08. The molecule has 1 fully saturated rings. The highest BCUT2D eigenvalue weighted by Gasteiger charge is 2.27. The van der Waals surface area contributed by atoms with E-state index in [0.717, 1.165) is 13.0 Å². The van der Waals surface area contributed by atoms with Gasteiger partial charge in [0.05, 0.1) is 7.11 Å². The third-order valence-electron chi connectivity index (χ3n) is 3.55.